The SMILES string of the molecule is COc1cccc(Cl)c1CNc1cc2n[nH]c(=O)n2cn1. The van der Waals surface area contributed by atoms with Crippen LogP contribution in [0, 0.1) is 0 Å². The van der Waals surface area contributed by atoms with E-state index in [2.05, 4.69) is 20.5 Å². The normalized spacial score (nSPS) is 10.8. The van der Waals surface area contributed by atoms with Gasteiger partial charge in [0, 0.05) is 23.2 Å². The summed E-state index contributed by atoms with van der Waals surface area (Å²) in [6.07, 6.45) is 1.41. The van der Waals surface area contributed by atoms with Crippen LogP contribution in [-0.4, -0.2) is 26.7 Å². The molecular weight excluding hydrogens is 294 g/mol. The smallest absolute Gasteiger partial charge is 0.348 e. The highest BCUT2D eigenvalue weighted by Crippen LogP contribution is 2.26. The monoisotopic (exact) mass is 305 g/mol. The Bertz CT molecular complexity index is 842. The van der Waals surface area contributed by atoms with Crippen molar-refractivity contribution in [3.05, 3.63) is 51.7 Å². The van der Waals surface area contributed by atoms with Gasteiger partial charge in [0.1, 0.15) is 17.9 Å². The summed E-state index contributed by atoms with van der Waals surface area (Å²) in [6, 6.07) is 7.13. The van der Waals surface area contributed by atoms with Gasteiger partial charge >= 0.3 is 5.69 Å². The molecule has 2 heterocycles. The fourth-order valence-corrected chi connectivity index (χ4v) is 2.22. The average Bonchev–Trinajstić information content (AvgIpc) is 2.86. The number of hydrogen-bond donors (Lipinski definition) is 2. The standard InChI is InChI=1S/C13H12ClN5O2/c1-21-10-4-2-3-9(14)8(10)6-15-11-5-12-17-18-13(20)19(12)7-16-11/h2-5,7,15H,6H2,1H3,(H,18,20). The summed E-state index contributed by atoms with van der Waals surface area (Å²) in [5, 5.41) is 9.98. The van der Waals surface area contributed by atoms with E-state index in [0.717, 1.165) is 5.56 Å². The molecule has 0 radical (unpaired) electrons. The Morgan fingerprint density at radius 1 is 1.48 bits per heavy atom. The van der Waals surface area contributed by atoms with E-state index in [-0.39, 0.29) is 5.69 Å². The van der Waals surface area contributed by atoms with Crippen molar-refractivity contribution < 1.29 is 4.74 Å². The van der Waals surface area contributed by atoms with Crippen LogP contribution < -0.4 is 15.7 Å². The van der Waals surface area contributed by atoms with Gasteiger partial charge in [-0.25, -0.2) is 19.3 Å². The van der Waals surface area contributed by atoms with Crippen molar-refractivity contribution in [2.24, 2.45) is 0 Å². The van der Waals surface area contributed by atoms with Crippen LogP contribution in [0.3, 0.4) is 0 Å². The number of methoxy groups -OCH3 is 1. The second-order valence-electron chi connectivity index (χ2n) is 4.31. The lowest BCUT2D eigenvalue weighted by atomic mass is 10.2. The predicted octanol–water partition coefficient (Wildman–Crippen LogP) is 1.69. The lowest BCUT2D eigenvalue weighted by Crippen LogP contribution is -2.10. The maximum atomic E-state index is 11.3. The van der Waals surface area contributed by atoms with Gasteiger partial charge in [0.25, 0.3) is 0 Å². The van der Waals surface area contributed by atoms with E-state index in [1.165, 1.54) is 10.7 Å². The van der Waals surface area contributed by atoms with Crippen LogP contribution in [0.4, 0.5) is 5.82 Å². The first-order valence-electron chi connectivity index (χ1n) is 6.17. The van der Waals surface area contributed by atoms with Crippen molar-refractivity contribution in [2.75, 3.05) is 12.4 Å². The Kier molecular flexibility index (Phi) is 3.49. The van der Waals surface area contributed by atoms with Gasteiger partial charge in [-0.05, 0) is 12.1 Å². The molecular formula is C13H12ClN5O2. The molecule has 2 N–H and O–H groups in total. The number of aromatic amines is 1. The van der Waals surface area contributed by atoms with Crippen LogP contribution in [-0.2, 0) is 6.54 Å². The van der Waals surface area contributed by atoms with Crippen molar-refractivity contribution >= 4 is 23.1 Å². The number of benzene rings is 1. The highest BCUT2D eigenvalue weighted by molar-refractivity contribution is 6.31. The van der Waals surface area contributed by atoms with E-state index in [0.29, 0.717) is 28.8 Å². The molecule has 0 fully saturated rings. The van der Waals surface area contributed by atoms with Gasteiger partial charge in [0.2, 0.25) is 0 Å². The molecule has 0 unspecified atom stereocenters. The molecule has 1 aromatic carbocycles. The molecule has 3 rings (SSSR count). The van der Waals surface area contributed by atoms with Gasteiger partial charge in [-0.1, -0.05) is 17.7 Å². The summed E-state index contributed by atoms with van der Waals surface area (Å²) in [6.45, 7) is 0.445. The Balaban J connectivity index is 1.85. The van der Waals surface area contributed by atoms with Gasteiger partial charge < -0.3 is 10.1 Å². The maximum absolute atomic E-state index is 11.3. The molecule has 0 atom stereocenters. The molecule has 3 aromatic rings. The van der Waals surface area contributed by atoms with E-state index in [9.17, 15) is 4.79 Å². The van der Waals surface area contributed by atoms with Crippen molar-refractivity contribution in [3.8, 4) is 5.75 Å². The third kappa shape index (κ3) is 2.55. The molecule has 0 amide bonds. The van der Waals surface area contributed by atoms with Crippen LogP contribution in [0.25, 0.3) is 5.65 Å². The van der Waals surface area contributed by atoms with E-state index in [4.69, 9.17) is 16.3 Å². The number of ether oxygens (including phenoxy) is 1. The number of nitrogens with zero attached hydrogens (tertiary/aromatic N) is 3. The van der Waals surface area contributed by atoms with Crippen molar-refractivity contribution in [3.63, 3.8) is 0 Å². The zero-order chi connectivity index (χ0) is 14.8. The van der Waals surface area contributed by atoms with Gasteiger partial charge in [0.05, 0.1) is 7.11 Å². The molecule has 2 aromatic heterocycles. The van der Waals surface area contributed by atoms with Crippen molar-refractivity contribution in [2.45, 2.75) is 6.54 Å². The number of rotatable bonds is 4. The molecule has 7 nitrogen and oxygen atoms in total. The summed E-state index contributed by atoms with van der Waals surface area (Å²) in [5.74, 6) is 1.29. The van der Waals surface area contributed by atoms with Gasteiger partial charge in [-0.15, -0.1) is 0 Å². The van der Waals surface area contributed by atoms with Crippen LogP contribution in [0.5, 0.6) is 5.75 Å². The average molecular weight is 306 g/mol. The van der Waals surface area contributed by atoms with Crippen molar-refractivity contribution in [1.82, 2.24) is 19.6 Å². The fraction of sp³-hybridized carbons (Fsp3) is 0.154. The Hall–Kier alpha value is -2.54. The second-order valence-corrected chi connectivity index (χ2v) is 4.71. The topological polar surface area (TPSA) is 84.3 Å². The number of hydrogen-bond acceptors (Lipinski definition) is 5. The van der Waals surface area contributed by atoms with Gasteiger partial charge in [-0.3, -0.25) is 0 Å². The summed E-state index contributed by atoms with van der Waals surface area (Å²) < 4.78 is 6.60. The highest BCUT2D eigenvalue weighted by atomic mass is 35.5. The molecule has 0 saturated carbocycles. The number of anilines is 1. The Labute approximate surface area is 124 Å². The summed E-state index contributed by atoms with van der Waals surface area (Å²) in [7, 11) is 1.59. The minimum absolute atomic E-state index is 0.322. The first kappa shape index (κ1) is 13.4. The quantitative estimate of drug-likeness (QED) is 0.766. The highest BCUT2D eigenvalue weighted by Gasteiger charge is 2.08. The molecule has 0 aliphatic heterocycles. The zero-order valence-electron chi connectivity index (χ0n) is 11.1. The number of H-pyrrole nitrogens is 1. The molecule has 0 saturated heterocycles. The first-order valence-corrected chi connectivity index (χ1v) is 6.55. The molecule has 8 heteroatoms. The molecule has 0 spiro atoms. The number of halogens is 1. The lowest BCUT2D eigenvalue weighted by molar-refractivity contribution is 0.410. The summed E-state index contributed by atoms with van der Waals surface area (Å²) in [4.78, 5) is 15.5. The van der Waals surface area contributed by atoms with Gasteiger partial charge in [-0.2, -0.15) is 5.10 Å². The zero-order valence-corrected chi connectivity index (χ0v) is 11.9. The van der Waals surface area contributed by atoms with E-state index >= 15 is 0 Å². The Morgan fingerprint density at radius 2 is 2.33 bits per heavy atom. The first-order chi connectivity index (χ1) is 10.2. The molecule has 0 aliphatic carbocycles. The molecule has 0 aliphatic rings. The third-order valence-electron chi connectivity index (χ3n) is 3.05. The number of fused-ring (bicyclic) bond motifs is 1. The summed E-state index contributed by atoms with van der Waals surface area (Å²) >= 11 is 6.17. The van der Waals surface area contributed by atoms with Crippen LogP contribution >= 0.6 is 11.6 Å². The third-order valence-corrected chi connectivity index (χ3v) is 3.41. The number of nitrogens with one attached hydrogen (secondary N) is 2. The second kappa shape index (κ2) is 5.45. The van der Waals surface area contributed by atoms with Gasteiger partial charge in [0.15, 0.2) is 5.65 Å². The van der Waals surface area contributed by atoms with E-state index in [1.54, 1.807) is 19.2 Å². The van der Waals surface area contributed by atoms with E-state index < -0.39 is 0 Å². The minimum atomic E-state index is -0.322. The van der Waals surface area contributed by atoms with Crippen LogP contribution in [0.2, 0.25) is 5.02 Å². The number of aromatic nitrogens is 4. The van der Waals surface area contributed by atoms with Crippen LogP contribution in [0.1, 0.15) is 5.56 Å². The maximum Gasteiger partial charge on any atom is 0.348 e. The molecule has 21 heavy (non-hydrogen) atoms. The molecule has 108 valence electrons. The predicted molar refractivity (Wildman–Crippen MR) is 78.9 cm³/mol. The van der Waals surface area contributed by atoms with Crippen molar-refractivity contribution in [1.29, 1.82) is 0 Å². The molecule has 0 bridgehead atoms. The minimum Gasteiger partial charge on any atom is -0.496 e. The van der Waals surface area contributed by atoms with E-state index in [1.807, 2.05) is 12.1 Å². The van der Waals surface area contributed by atoms with Crippen LogP contribution in [0.15, 0.2) is 35.4 Å². The summed E-state index contributed by atoms with van der Waals surface area (Å²) in [5.41, 5.74) is 1.00. The fourth-order valence-electron chi connectivity index (χ4n) is 1.99. The lowest BCUT2D eigenvalue weighted by Gasteiger charge is -2.11. The Morgan fingerprint density at radius 3 is 3.14 bits per heavy atom. The largest absolute Gasteiger partial charge is 0.496 e.